The molecule has 0 amide bonds. The van der Waals surface area contributed by atoms with Crippen molar-refractivity contribution in [1.29, 1.82) is 0 Å². The van der Waals surface area contributed by atoms with Gasteiger partial charge in [0.25, 0.3) is 0 Å². The van der Waals surface area contributed by atoms with E-state index in [4.69, 9.17) is 0 Å². The standard InChI is InChI=1S/C5H9N2Se.C4H7N2Se.C3H5N2Se/c8-5-6-3-1-2-4-7-5;7-4-5-2-1-3-6-4;6-3-4-1-2-5-3/h1-4H2,(H,6,7);1-3H2,(H,5,6);1-2H2,(H,4,5). The number of hydrogen-bond acceptors (Lipinski definition) is 6. The van der Waals surface area contributed by atoms with E-state index in [0.29, 0.717) is 0 Å². The van der Waals surface area contributed by atoms with Gasteiger partial charge in [-0.3, -0.25) is 0 Å². The van der Waals surface area contributed by atoms with Gasteiger partial charge in [0.1, 0.15) is 0 Å². The molecular formula is C12H21N6Se3. The minimum atomic E-state index is 0.933. The van der Waals surface area contributed by atoms with Crippen LogP contribution in [-0.4, -0.2) is 102 Å². The van der Waals surface area contributed by atoms with Crippen molar-refractivity contribution in [2.24, 2.45) is 15.0 Å². The van der Waals surface area contributed by atoms with E-state index in [1.807, 2.05) is 0 Å². The summed E-state index contributed by atoms with van der Waals surface area (Å²) in [7, 11) is 0. The first kappa shape index (κ1) is 19.0. The average molecular weight is 486 g/mol. The summed E-state index contributed by atoms with van der Waals surface area (Å²) in [6.07, 6.45) is 3.64. The molecule has 0 spiro atoms. The van der Waals surface area contributed by atoms with Gasteiger partial charge < -0.3 is 0 Å². The van der Waals surface area contributed by atoms with Gasteiger partial charge in [-0.25, -0.2) is 0 Å². The molecule has 0 atom stereocenters. The molecular weight excluding hydrogens is 465 g/mol. The zero-order chi connectivity index (χ0) is 15.3. The van der Waals surface area contributed by atoms with Crippen molar-refractivity contribution in [2.75, 3.05) is 39.3 Å². The molecule has 0 aromatic rings. The van der Waals surface area contributed by atoms with Gasteiger partial charge in [0.2, 0.25) is 0 Å². The molecule has 0 fully saturated rings. The van der Waals surface area contributed by atoms with Crippen LogP contribution in [0.4, 0.5) is 0 Å². The van der Waals surface area contributed by atoms with E-state index >= 15 is 0 Å². The second-order valence-corrected chi connectivity index (χ2v) is 6.84. The molecule has 0 aromatic carbocycles. The SMILES string of the molecule is [Se]C1=NCCCCN1.[Se]C1=NCCCN1.[Se]C1=NCCN1. The Labute approximate surface area is 151 Å². The average Bonchev–Trinajstić information content (AvgIpc) is 2.83. The third kappa shape index (κ3) is 11.2. The van der Waals surface area contributed by atoms with Crippen molar-refractivity contribution in [2.45, 2.75) is 19.3 Å². The summed E-state index contributed by atoms with van der Waals surface area (Å²) in [6.45, 7) is 6.05. The summed E-state index contributed by atoms with van der Waals surface area (Å²) < 4.78 is 2.89. The first-order valence-corrected chi connectivity index (χ1v) is 9.61. The van der Waals surface area contributed by atoms with Gasteiger partial charge in [0.05, 0.1) is 0 Å². The molecule has 3 aliphatic heterocycles. The Balaban J connectivity index is 0.000000159. The Bertz CT molecular complexity index is 383. The number of aliphatic imine (C=N–C) groups is 3. The van der Waals surface area contributed by atoms with E-state index in [2.05, 4.69) is 79.0 Å². The Hall–Kier alpha value is -0.0316. The fourth-order valence-electron chi connectivity index (χ4n) is 1.56. The monoisotopic (exact) mass is 489 g/mol. The zero-order valence-corrected chi connectivity index (χ0v) is 17.1. The van der Waals surface area contributed by atoms with E-state index in [1.54, 1.807) is 0 Å². The fourth-order valence-corrected chi connectivity index (χ4v) is 2.77. The van der Waals surface area contributed by atoms with Crippen LogP contribution < -0.4 is 16.0 Å². The first-order chi connectivity index (χ1) is 10.2. The van der Waals surface area contributed by atoms with Crippen LogP contribution in [0.1, 0.15) is 19.3 Å². The zero-order valence-electron chi connectivity index (χ0n) is 11.9. The number of hydrogen-bond donors (Lipinski definition) is 3. The molecule has 9 heteroatoms. The molecule has 0 bridgehead atoms. The van der Waals surface area contributed by atoms with E-state index in [1.165, 1.54) is 19.3 Å². The molecule has 0 saturated heterocycles. The minimum absolute atomic E-state index is 0.933. The molecule has 6 nitrogen and oxygen atoms in total. The molecule has 0 aliphatic carbocycles. The van der Waals surface area contributed by atoms with E-state index < -0.39 is 0 Å². The molecule has 0 unspecified atom stereocenters. The van der Waals surface area contributed by atoms with Gasteiger partial charge in [0.15, 0.2) is 0 Å². The molecule has 21 heavy (non-hydrogen) atoms. The topological polar surface area (TPSA) is 73.2 Å². The van der Waals surface area contributed by atoms with Gasteiger partial charge in [-0.05, 0) is 0 Å². The Morgan fingerprint density at radius 3 is 1.43 bits per heavy atom. The molecule has 0 saturated carbocycles. The van der Waals surface area contributed by atoms with Crippen molar-refractivity contribution in [3.8, 4) is 0 Å². The molecule has 3 aliphatic rings. The molecule has 3 N–H and O–H groups in total. The van der Waals surface area contributed by atoms with Crippen LogP contribution >= 0.6 is 0 Å². The summed E-state index contributed by atoms with van der Waals surface area (Å²) in [4.78, 5) is 12.2. The van der Waals surface area contributed by atoms with Crippen LogP contribution in [-0.2, 0) is 0 Å². The quantitative estimate of drug-likeness (QED) is 0.366. The molecule has 3 rings (SSSR count). The second-order valence-electron chi connectivity index (χ2n) is 4.40. The van der Waals surface area contributed by atoms with Crippen molar-refractivity contribution < 1.29 is 0 Å². The van der Waals surface area contributed by atoms with Crippen LogP contribution in [0.15, 0.2) is 15.0 Å². The summed E-state index contributed by atoms with van der Waals surface area (Å²) in [5, 5.41) is 9.23. The molecule has 3 radical (unpaired) electrons. The predicted octanol–water partition coefficient (Wildman–Crippen LogP) is -1.49. The molecule has 0 aromatic heterocycles. The van der Waals surface area contributed by atoms with Gasteiger partial charge in [-0.15, -0.1) is 0 Å². The van der Waals surface area contributed by atoms with Crippen LogP contribution in [0.5, 0.6) is 0 Å². The van der Waals surface area contributed by atoms with Crippen LogP contribution in [0.25, 0.3) is 0 Å². The summed E-state index contributed by atoms with van der Waals surface area (Å²) >= 11 is 8.45. The molecule has 117 valence electrons. The summed E-state index contributed by atoms with van der Waals surface area (Å²) in [5.74, 6) is 0. The third-order valence-corrected chi connectivity index (χ3v) is 4.35. The third-order valence-electron chi connectivity index (χ3n) is 2.63. The van der Waals surface area contributed by atoms with Gasteiger partial charge in [0, 0.05) is 0 Å². The number of rotatable bonds is 0. The van der Waals surface area contributed by atoms with Gasteiger partial charge >= 0.3 is 152 Å². The normalized spacial score (nSPS) is 20.3. The second kappa shape index (κ2) is 12.5. The van der Waals surface area contributed by atoms with Crippen LogP contribution in [0, 0.1) is 0 Å². The van der Waals surface area contributed by atoms with Crippen molar-refractivity contribution in [1.82, 2.24) is 16.0 Å². The van der Waals surface area contributed by atoms with Crippen molar-refractivity contribution >= 4 is 62.2 Å². The number of amidine groups is 3. The van der Waals surface area contributed by atoms with E-state index in [0.717, 1.165) is 53.5 Å². The van der Waals surface area contributed by atoms with Gasteiger partial charge in [-0.1, -0.05) is 0 Å². The molecule has 3 heterocycles. The van der Waals surface area contributed by atoms with Crippen molar-refractivity contribution in [3.05, 3.63) is 0 Å². The number of nitrogens with one attached hydrogen (secondary N) is 3. The predicted molar refractivity (Wildman–Crippen MR) is 92.0 cm³/mol. The Kier molecular flexibility index (Phi) is 11.3. The maximum absolute atomic E-state index is 4.17. The Morgan fingerprint density at radius 2 is 1.05 bits per heavy atom. The summed E-state index contributed by atoms with van der Waals surface area (Å²) in [5.41, 5.74) is 0. The van der Waals surface area contributed by atoms with Crippen LogP contribution in [0.3, 0.4) is 0 Å². The Morgan fingerprint density at radius 1 is 0.571 bits per heavy atom. The van der Waals surface area contributed by atoms with E-state index in [9.17, 15) is 0 Å². The van der Waals surface area contributed by atoms with Crippen LogP contribution in [0.2, 0.25) is 0 Å². The summed E-state index contributed by atoms with van der Waals surface area (Å²) in [6, 6.07) is 0. The first-order valence-electron chi connectivity index (χ1n) is 7.04. The fraction of sp³-hybridized carbons (Fsp3) is 0.750. The number of nitrogens with zero attached hydrogens (tertiary/aromatic N) is 3. The van der Waals surface area contributed by atoms with Gasteiger partial charge in [-0.2, -0.15) is 0 Å². The van der Waals surface area contributed by atoms with Crippen molar-refractivity contribution in [3.63, 3.8) is 0 Å². The maximum atomic E-state index is 4.17. The van der Waals surface area contributed by atoms with E-state index in [-0.39, 0.29) is 0 Å².